The van der Waals surface area contributed by atoms with Crippen molar-refractivity contribution in [3.8, 4) is 0 Å². The van der Waals surface area contributed by atoms with Crippen LogP contribution in [0, 0.1) is 5.92 Å². The Bertz CT molecular complexity index is 414. The Kier molecular flexibility index (Phi) is 9.11. The van der Waals surface area contributed by atoms with Crippen molar-refractivity contribution in [2.24, 2.45) is 11.7 Å². The second-order valence-corrected chi connectivity index (χ2v) is 8.90. The first kappa shape index (κ1) is 21.3. The van der Waals surface area contributed by atoms with Crippen LogP contribution in [0.5, 0.6) is 0 Å². The fourth-order valence-electron chi connectivity index (χ4n) is 1.73. The Balaban J connectivity index is 4.85. The van der Waals surface area contributed by atoms with Crippen LogP contribution in [-0.2, 0) is 14.4 Å². The van der Waals surface area contributed by atoms with Gasteiger partial charge in [0.1, 0.15) is 6.04 Å². The van der Waals surface area contributed by atoms with Crippen molar-refractivity contribution >= 4 is 39.2 Å². The molecule has 0 aliphatic carbocycles. The van der Waals surface area contributed by atoms with Crippen molar-refractivity contribution in [3.63, 3.8) is 0 Å². The molecule has 0 aromatic carbocycles. The van der Waals surface area contributed by atoms with Crippen LogP contribution in [0.3, 0.4) is 0 Å². The van der Waals surface area contributed by atoms with E-state index in [1.807, 2.05) is 27.7 Å². The van der Waals surface area contributed by atoms with Gasteiger partial charge in [-0.1, -0.05) is 35.4 Å². The van der Waals surface area contributed by atoms with Crippen molar-refractivity contribution in [2.75, 3.05) is 12.8 Å². The highest BCUT2D eigenvalue weighted by Gasteiger charge is 2.37. The lowest BCUT2D eigenvalue weighted by Crippen LogP contribution is -2.53. The van der Waals surface area contributed by atoms with Crippen LogP contribution in [0.1, 0.15) is 34.6 Å². The maximum absolute atomic E-state index is 12.4. The van der Waals surface area contributed by atoms with Gasteiger partial charge in [0.2, 0.25) is 11.8 Å². The van der Waals surface area contributed by atoms with Crippen molar-refractivity contribution < 1.29 is 14.4 Å². The Morgan fingerprint density at radius 2 is 1.77 bits per heavy atom. The van der Waals surface area contributed by atoms with E-state index >= 15 is 0 Å². The molecule has 0 aliphatic heterocycles. The molecular weight excluding hydrogens is 322 g/mol. The van der Waals surface area contributed by atoms with Crippen LogP contribution < -0.4 is 16.4 Å². The summed E-state index contributed by atoms with van der Waals surface area (Å²) in [6, 6.07) is -1.00. The second-order valence-electron chi connectivity index (χ2n) is 5.91. The van der Waals surface area contributed by atoms with Crippen LogP contribution in [0.4, 0.5) is 0 Å². The number of hydrogen-bond acceptors (Lipinski definition) is 6. The summed E-state index contributed by atoms with van der Waals surface area (Å²) in [5, 5.41) is 5.59. The van der Waals surface area contributed by atoms with Gasteiger partial charge in [-0.15, -0.1) is 0 Å². The molecular formula is C14H27N3O3S2. The van der Waals surface area contributed by atoms with Gasteiger partial charge < -0.3 is 16.4 Å². The zero-order valence-electron chi connectivity index (χ0n) is 14.1. The Labute approximate surface area is 140 Å². The van der Waals surface area contributed by atoms with Crippen LogP contribution in [0.2, 0.25) is 0 Å². The van der Waals surface area contributed by atoms with Gasteiger partial charge in [-0.3, -0.25) is 14.4 Å². The summed E-state index contributed by atoms with van der Waals surface area (Å²) >= 11 is 0. The van der Waals surface area contributed by atoms with Crippen LogP contribution in [-0.4, -0.2) is 47.2 Å². The van der Waals surface area contributed by atoms with Gasteiger partial charge >= 0.3 is 0 Å². The van der Waals surface area contributed by atoms with E-state index in [0.29, 0.717) is 5.75 Å². The monoisotopic (exact) mass is 349 g/mol. The molecule has 0 aromatic rings. The zero-order valence-corrected chi connectivity index (χ0v) is 15.7. The molecule has 2 unspecified atom stereocenters. The molecule has 0 saturated heterocycles. The number of rotatable bonds is 10. The highest BCUT2D eigenvalue weighted by Crippen LogP contribution is 2.39. The fourth-order valence-corrected chi connectivity index (χ4v) is 4.66. The number of ketones is 1. The predicted molar refractivity (Wildman–Crippen MR) is 93.6 cm³/mol. The number of nitrogens with one attached hydrogen (secondary N) is 2. The van der Waals surface area contributed by atoms with E-state index < -0.39 is 22.7 Å². The SMILES string of the molecule is CNC(CSSC(C)(C)C(NC(C)=O)C(=O)C(C)C)C(N)=O. The van der Waals surface area contributed by atoms with E-state index in [2.05, 4.69) is 10.6 Å². The highest BCUT2D eigenvalue weighted by molar-refractivity contribution is 8.77. The number of carbonyl (C=O) groups is 3. The lowest BCUT2D eigenvalue weighted by atomic mass is 9.92. The van der Waals surface area contributed by atoms with E-state index in [1.165, 1.54) is 28.5 Å². The van der Waals surface area contributed by atoms with Crippen molar-refractivity contribution in [1.82, 2.24) is 10.6 Å². The van der Waals surface area contributed by atoms with Crippen molar-refractivity contribution in [1.29, 1.82) is 0 Å². The van der Waals surface area contributed by atoms with Crippen LogP contribution in [0.15, 0.2) is 0 Å². The first-order chi connectivity index (χ1) is 10.0. The third-order valence-corrected chi connectivity index (χ3v) is 6.40. The third-order valence-electron chi connectivity index (χ3n) is 3.10. The molecule has 0 fully saturated rings. The molecule has 2 atom stereocenters. The summed E-state index contributed by atoms with van der Waals surface area (Å²) in [4.78, 5) is 34.9. The molecule has 8 heteroatoms. The highest BCUT2D eigenvalue weighted by atomic mass is 33.1. The average molecular weight is 350 g/mol. The quantitative estimate of drug-likeness (QED) is 0.508. The number of hydrogen-bond donors (Lipinski definition) is 3. The lowest BCUT2D eigenvalue weighted by molar-refractivity contribution is -0.129. The Hall–Kier alpha value is -0.730. The first-order valence-electron chi connectivity index (χ1n) is 7.11. The molecule has 6 nitrogen and oxygen atoms in total. The van der Waals surface area contributed by atoms with E-state index in [1.54, 1.807) is 7.05 Å². The molecule has 0 bridgehead atoms. The molecule has 0 radical (unpaired) electrons. The van der Waals surface area contributed by atoms with E-state index in [9.17, 15) is 14.4 Å². The molecule has 22 heavy (non-hydrogen) atoms. The number of Topliss-reactive ketones (excluding diaryl/α,β-unsaturated/α-hetero) is 1. The Morgan fingerprint density at radius 1 is 1.23 bits per heavy atom. The van der Waals surface area contributed by atoms with E-state index in [4.69, 9.17) is 5.73 Å². The summed E-state index contributed by atoms with van der Waals surface area (Å²) < 4.78 is -0.506. The van der Waals surface area contributed by atoms with Crippen molar-refractivity contribution in [2.45, 2.75) is 51.4 Å². The summed E-state index contributed by atoms with van der Waals surface area (Å²) in [5.74, 6) is -0.332. The smallest absolute Gasteiger partial charge is 0.235 e. The van der Waals surface area contributed by atoms with Gasteiger partial charge in [-0.05, 0) is 20.9 Å². The molecule has 0 aromatic heterocycles. The molecule has 0 rings (SSSR count). The topological polar surface area (TPSA) is 101 Å². The fraction of sp³-hybridized carbons (Fsp3) is 0.786. The van der Waals surface area contributed by atoms with Gasteiger partial charge in [-0.2, -0.15) is 0 Å². The summed E-state index contributed by atoms with van der Waals surface area (Å²) in [6.45, 7) is 8.84. The maximum Gasteiger partial charge on any atom is 0.235 e. The number of likely N-dealkylation sites (N-methyl/N-ethyl adjacent to an activating group) is 1. The summed E-state index contributed by atoms with van der Waals surface area (Å²) in [5.41, 5.74) is 5.28. The maximum atomic E-state index is 12.4. The van der Waals surface area contributed by atoms with E-state index in [0.717, 1.165) is 0 Å². The lowest BCUT2D eigenvalue weighted by Gasteiger charge is -2.33. The molecule has 128 valence electrons. The third kappa shape index (κ3) is 7.02. The molecule has 0 spiro atoms. The minimum atomic E-state index is -0.580. The molecule has 0 aliphatic rings. The summed E-state index contributed by atoms with van der Waals surface area (Å²) in [7, 11) is 4.60. The normalized spacial score (nSPS) is 14.5. The molecule has 4 N–H and O–H groups in total. The van der Waals surface area contributed by atoms with Crippen LogP contribution in [0.25, 0.3) is 0 Å². The number of carbonyl (C=O) groups excluding carboxylic acids is 3. The molecule has 0 saturated carbocycles. The average Bonchev–Trinajstić information content (AvgIpc) is 2.39. The van der Waals surface area contributed by atoms with Crippen LogP contribution >= 0.6 is 21.6 Å². The second kappa shape index (κ2) is 9.42. The van der Waals surface area contributed by atoms with E-state index in [-0.39, 0.29) is 17.6 Å². The van der Waals surface area contributed by atoms with Gasteiger partial charge in [0, 0.05) is 23.3 Å². The largest absolute Gasteiger partial charge is 0.368 e. The minimum Gasteiger partial charge on any atom is -0.368 e. The molecule has 0 heterocycles. The first-order valence-corrected chi connectivity index (χ1v) is 9.42. The molecule has 2 amide bonds. The van der Waals surface area contributed by atoms with Gasteiger partial charge in [0.05, 0.1) is 6.04 Å². The zero-order chi connectivity index (χ0) is 17.5. The van der Waals surface area contributed by atoms with Crippen molar-refractivity contribution in [3.05, 3.63) is 0 Å². The van der Waals surface area contributed by atoms with Gasteiger partial charge in [-0.25, -0.2) is 0 Å². The number of primary amides is 1. The number of amides is 2. The predicted octanol–water partition coefficient (Wildman–Crippen LogP) is 0.949. The van der Waals surface area contributed by atoms with Gasteiger partial charge in [0.25, 0.3) is 0 Å². The van der Waals surface area contributed by atoms with Gasteiger partial charge in [0.15, 0.2) is 5.78 Å². The minimum absolute atomic E-state index is 0.00614. The number of nitrogens with two attached hydrogens (primary N) is 1. The standard InChI is InChI=1S/C14H27N3O3S2/c1-8(2)11(19)12(17-9(3)18)14(4,5)22-21-7-10(16-6)13(15)20/h8,10,12,16H,7H2,1-6H3,(H2,15,20)(H,17,18). The summed E-state index contributed by atoms with van der Waals surface area (Å²) in [6.07, 6.45) is 0. The Morgan fingerprint density at radius 3 is 2.14 bits per heavy atom.